The van der Waals surface area contributed by atoms with E-state index < -0.39 is 69.6 Å². The molecular formula is C24H36O8. The Hall–Kier alpha value is -1.77. The third-order valence-electron chi connectivity index (χ3n) is 8.29. The highest BCUT2D eigenvalue weighted by atomic mass is 16.6. The van der Waals surface area contributed by atoms with Crippen molar-refractivity contribution in [2.45, 2.75) is 103 Å². The van der Waals surface area contributed by atoms with Crippen molar-refractivity contribution in [1.82, 2.24) is 0 Å². The minimum absolute atomic E-state index is 0.166. The molecule has 0 aromatic heterocycles. The van der Waals surface area contributed by atoms with E-state index >= 15 is 0 Å². The number of carbonyl (C=O) groups excluding carboxylic acids is 3. The zero-order valence-electron chi connectivity index (χ0n) is 20.1. The summed E-state index contributed by atoms with van der Waals surface area (Å²) in [5.41, 5.74) is -7.18. The quantitative estimate of drug-likeness (QED) is 0.493. The third kappa shape index (κ3) is 3.10. The Kier molecular flexibility index (Phi) is 5.72. The first-order chi connectivity index (χ1) is 14.5. The Labute approximate surface area is 189 Å². The van der Waals surface area contributed by atoms with E-state index in [1.165, 1.54) is 26.8 Å². The minimum atomic E-state index is -2.22. The second kappa shape index (κ2) is 7.37. The monoisotopic (exact) mass is 452 g/mol. The number of ketones is 1. The number of aliphatic hydroxyl groups excluding tert-OH is 1. The van der Waals surface area contributed by atoms with Gasteiger partial charge < -0.3 is 24.4 Å². The molecule has 1 saturated heterocycles. The van der Waals surface area contributed by atoms with Gasteiger partial charge in [0.1, 0.15) is 11.7 Å². The van der Waals surface area contributed by atoms with Crippen molar-refractivity contribution in [2.24, 2.45) is 16.7 Å². The standard InChI is InChI=1S/C24H36O8/c1-9-21(6)12-15(27)24(29)22(7)16(30-13(2)25)10-11-20(4,5)18(22)17(28)19(31-14(3)26)23(24,8)32-21/h9,16-19,28-29H,1,10-12H2,2-8H3/t16-,17+,18-,19-,21-,22-,23+,24+/m0/s1. The van der Waals surface area contributed by atoms with E-state index in [0.717, 1.165) is 0 Å². The first-order valence-corrected chi connectivity index (χ1v) is 11.1. The topological polar surface area (TPSA) is 119 Å². The molecule has 1 heterocycles. The molecular weight excluding hydrogens is 416 g/mol. The predicted molar refractivity (Wildman–Crippen MR) is 114 cm³/mol. The van der Waals surface area contributed by atoms with Crippen LogP contribution < -0.4 is 0 Å². The SMILES string of the molecule is C=C[C@@]1(C)CC(=O)[C@@]2(O)[C@@]3(C)[C@@H](OC(C)=O)CCC(C)(C)[C@@H]3[C@@H](O)[C@H](OC(C)=O)[C@@]2(C)O1. The summed E-state index contributed by atoms with van der Waals surface area (Å²) < 4.78 is 17.6. The fraction of sp³-hybridized carbons (Fsp3) is 0.792. The summed E-state index contributed by atoms with van der Waals surface area (Å²) in [5, 5.41) is 24.1. The van der Waals surface area contributed by atoms with Crippen LogP contribution in [0.4, 0.5) is 0 Å². The Balaban J connectivity index is 2.35. The van der Waals surface area contributed by atoms with Crippen molar-refractivity contribution in [3.05, 3.63) is 12.7 Å². The lowest BCUT2D eigenvalue weighted by molar-refractivity contribution is -0.370. The normalized spacial score (nSPS) is 47.6. The van der Waals surface area contributed by atoms with Crippen LogP contribution in [0.15, 0.2) is 12.7 Å². The molecule has 8 atom stereocenters. The lowest BCUT2D eigenvalue weighted by atomic mass is 9.39. The molecule has 2 saturated carbocycles. The predicted octanol–water partition coefficient (Wildman–Crippen LogP) is 2.09. The van der Waals surface area contributed by atoms with E-state index in [2.05, 4.69) is 6.58 Å². The molecule has 3 rings (SSSR count). The van der Waals surface area contributed by atoms with Gasteiger partial charge in [0.25, 0.3) is 0 Å². The van der Waals surface area contributed by atoms with Gasteiger partial charge >= 0.3 is 11.9 Å². The summed E-state index contributed by atoms with van der Waals surface area (Å²) in [7, 11) is 0. The molecule has 0 aromatic rings. The molecule has 32 heavy (non-hydrogen) atoms. The summed E-state index contributed by atoms with van der Waals surface area (Å²) in [5.74, 6) is -2.48. The zero-order valence-corrected chi connectivity index (χ0v) is 20.1. The molecule has 0 spiro atoms. The molecule has 0 bridgehead atoms. The second-order valence-electron chi connectivity index (χ2n) is 10.9. The average Bonchev–Trinajstić information content (AvgIpc) is 2.64. The Morgan fingerprint density at radius 2 is 1.69 bits per heavy atom. The van der Waals surface area contributed by atoms with Gasteiger partial charge in [0.2, 0.25) is 0 Å². The number of rotatable bonds is 3. The maximum atomic E-state index is 13.8. The number of ether oxygens (including phenoxy) is 3. The molecule has 180 valence electrons. The fourth-order valence-electron chi connectivity index (χ4n) is 7.02. The summed E-state index contributed by atoms with van der Waals surface area (Å²) in [6.07, 6.45) is -1.20. The van der Waals surface area contributed by atoms with Crippen molar-refractivity contribution in [3.8, 4) is 0 Å². The number of aliphatic hydroxyl groups is 2. The number of hydrogen-bond acceptors (Lipinski definition) is 8. The molecule has 8 heteroatoms. The Morgan fingerprint density at radius 1 is 1.12 bits per heavy atom. The van der Waals surface area contributed by atoms with E-state index in [0.29, 0.717) is 12.8 Å². The molecule has 8 nitrogen and oxygen atoms in total. The smallest absolute Gasteiger partial charge is 0.303 e. The molecule has 0 aromatic carbocycles. The molecule has 1 aliphatic heterocycles. The lowest BCUT2D eigenvalue weighted by Crippen LogP contribution is -2.86. The highest BCUT2D eigenvalue weighted by molar-refractivity contribution is 5.92. The van der Waals surface area contributed by atoms with Crippen LogP contribution in [-0.2, 0) is 28.6 Å². The van der Waals surface area contributed by atoms with E-state index in [9.17, 15) is 24.6 Å². The number of hydrogen-bond donors (Lipinski definition) is 2. The van der Waals surface area contributed by atoms with Gasteiger partial charge in [0, 0.05) is 31.6 Å². The summed E-state index contributed by atoms with van der Waals surface area (Å²) in [6.45, 7) is 14.9. The highest BCUT2D eigenvalue weighted by Gasteiger charge is 2.82. The van der Waals surface area contributed by atoms with Crippen LogP contribution in [0.5, 0.6) is 0 Å². The van der Waals surface area contributed by atoms with Crippen LogP contribution in [0, 0.1) is 16.7 Å². The van der Waals surface area contributed by atoms with Crippen LogP contribution in [-0.4, -0.2) is 63.0 Å². The van der Waals surface area contributed by atoms with Crippen LogP contribution in [0.1, 0.15) is 67.7 Å². The minimum Gasteiger partial charge on any atom is -0.462 e. The van der Waals surface area contributed by atoms with E-state index in [1.807, 2.05) is 13.8 Å². The Morgan fingerprint density at radius 3 is 2.19 bits per heavy atom. The van der Waals surface area contributed by atoms with Crippen molar-refractivity contribution in [1.29, 1.82) is 0 Å². The van der Waals surface area contributed by atoms with Gasteiger partial charge in [-0.25, -0.2) is 0 Å². The summed E-state index contributed by atoms with van der Waals surface area (Å²) in [6, 6.07) is 0. The van der Waals surface area contributed by atoms with Crippen LogP contribution in [0.3, 0.4) is 0 Å². The van der Waals surface area contributed by atoms with Gasteiger partial charge in [-0.15, -0.1) is 6.58 Å². The zero-order chi connectivity index (χ0) is 24.5. The first kappa shape index (κ1) is 24.9. The number of carbonyl (C=O) groups is 3. The van der Waals surface area contributed by atoms with Crippen LogP contribution in [0.25, 0.3) is 0 Å². The van der Waals surface area contributed by atoms with E-state index in [1.54, 1.807) is 13.8 Å². The summed E-state index contributed by atoms with van der Waals surface area (Å²) >= 11 is 0. The molecule has 3 fully saturated rings. The fourth-order valence-corrected chi connectivity index (χ4v) is 7.02. The third-order valence-corrected chi connectivity index (χ3v) is 8.29. The molecule has 3 aliphatic rings. The van der Waals surface area contributed by atoms with Crippen molar-refractivity contribution in [3.63, 3.8) is 0 Å². The number of Topliss-reactive ketones (excluding diaryl/α,β-unsaturated/α-hetero) is 1. The number of esters is 2. The molecule has 0 radical (unpaired) electrons. The lowest BCUT2D eigenvalue weighted by Gasteiger charge is -2.71. The molecule has 0 amide bonds. The first-order valence-electron chi connectivity index (χ1n) is 11.1. The van der Waals surface area contributed by atoms with Crippen LogP contribution in [0.2, 0.25) is 0 Å². The average molecular weight is 453 g/mol. The van der Waals surface area contributed by atoms with Gasteiger partial charge in [0.05, 0.1) is 11.7 Å². The second-order valence-corrected chi connectivity index (χ2v) is 10.9. The van der Waals surface area contributed by atoms with Crippen molar-refractivity contribution in [2.75, 3.05) is 0 Å². The van der Waals surface area contributed by atoms with Crippen molar-refractivity contribution >= 4 is 17.7 Å². The van der Waals surface area contributed by atoms with Gasteiger partial charge in [-0.3, -0.25) is 14.4 Å². The largest absolute Gasteiger partial charge is 0.462 e. The molecule has 0 unspecified atom stereocenters. The van der Waals surface area contributed by atoms with Gasteiger partial charge in [-0.05, 0) is 32.1 Å². The van der Waals surface area contributed by atoms with E-state index in [-0.39, 0.29) is 6.42 Å². The molecule has 2 aliphatic carbocycles. The van der Waals surface area contributed by atoms with Crippen molar-refractivity contribution < 1.29 is 38.8 Å². The molecule has 2 N–H and O–H groups in total. The van der Waals surface area contributed by atoms with Gasteiger partial charge in [0.15, 0.2) is 17.5 Å². The van der Waals surface area contributed by atoms with Crippen LogP contribution >= 0.6 is 0 Å². The Bertz CT molecular complexity index is 851. The maximum absolute atomic E-state index is 13.8. The number of fused-ring (bicyclic) bond motifs is 3. The van der Waals surface area contributed by atoms with Gasteiger partial charge in [-0.2, -0.15) is 0 Å². The van der Waals surface area contributed by atoms with Gasteiger partial charge in [-0.1, -0.05) is 26.8 Å². The highest BCUT2D eigenvalue weighted by Crippen LogP contribution is 2.67. The maximum Gasteiger partial charge on any atom is 0.303 e. The van der Waals surface area contributed by atoms with E-state index in [4.69, 9.17) is 14.2 Å². The summed E-state index contributed by atoms with van der Waals surface area (Å²) in [4.78, 5) is 37.9.